The average Bonchev–Trinajstić information content (AvgIpc) is 2.66. The van der Waals surface area contributed by atoms with E-state index in [1.165, 1.54) is 0 Å². The van der Waals surface area contributed by atoms with Gasteiger partial charge in [0, 0.05) is 0 Å². The molecule has 2 aromatic carbocycles. The van der Waals surface area contributed by atoms with Crippen molar-refractivity contribution in [2.24, 2.45) is 0 Å². The van der Waals surface area contributed by atoms with E-state index in [-0.39, 0.29) is 0 Å². The fourth-order valence-corrected chi connectivity index (χ4v) is 3.39. The molecule has 1 fully saturated rings. The Balaban J connectivity index is 1.88. The van der Waals surface area contributed by atoms with Gasteiger partial charge in [0.2, 0.25) is 0 Å². The molecule has 0 saturated heterocycles. The van der Waals surface area contributed by atoms with Crippen LogP contribution < -0.4 is 9.47 Å². The third kappa shape index (κ3) is 4.00. The minimum Gasteiger partial charge on any atom is -0.497 e. The van der Waals surface area contributed by atoms with E-state index in [4.69, 9.17) is 9.47 Å². The van der Waals surface area contributed by atoms with E-state index in [9.17, 15) is 5.11 Å². The van der Waals surface area contributed by atoms with E-state index in [2.05, 4.69) is 12.2 Å². The molecule has 1 N–H and O–H groups in total. The first-order chi connectivity index (χ1) is 12.5. The van der Waals surface area contributed by atoms with Crippen LogP contribution >= 0.6 is 0 Å². The average molecular weight is 350 g/mol. The summed E-state index contributed by atoms with van der Waals surface area (Å²) in [5.41, 5.74) is 3.32. The summed E-state index contributed by atoms with van der Waals surface area (Å²) in [7, 11) is 3.32. The molecule has 1 aliphatic carbocycles. The van der Waals surface area contributed by atoms with Crippen LogP contribution in [0.4, 0.5) is 0 Å². The molecular weight excluding hydrogens is 324 g/mol. The van der Waals surface area contributed by atoms with Gasteiger partial charge in [-0.15, -0.1) is 0 Å². The lowest BCUT2D eigenvalue weighted by Crippen LogP contribution is -2.32. The monoisotopic (exact) mass is 350 g/mol. The van der Waals surface area contributed by atoms with Crippen molar-refractivity contribution in [2.75, 3.05) is 14.2 Å². The van der Waals surface area contributed by atoms with Crippen LogP contribution in [0.25, 0.3) is 12.2 Å². The fourth-order valence-electron chi connectivity index (χ4n) is 3.39. The number of hydrogen-bond acceptors (Lipinski definition) is 3. The summed E-state index contributed by atoms with van der Waals surface area (Å²) in [6.45, 7) is 1.90. The molecule has 0 amide bonds. The van der Waals surface area contributed by atoms with Gasteiger partial charge in [-0.1, -0.05) is 36.4 Å². The molecule has 3 rings (SSSR count). The second-order valence-electron chi connectivity index (χ2n) is 6.81. The van der Waals surface area contributed by atoms with Crippen LogP contribution in [0.15, 0.2) is 59.7 Å². The van der Waals surface area contributed by atoms with Gasteiger partial charge in [-0.05, 0) is 72.7 Å². The number of ether oxygens (including phenoxy) is 2. The Bertz CT molecular complexity index is 729. The van der Waals surface area contributed by atoms with Gasteiger partial charge < -0.3 is 14.6 Å². The third-order valence-corrected chi connectivity index (χ3v) is 5.06. The molecule has 0 aromatic heterocycles. The number of aliphatic hydroxyl groups is 1. The molecule has 136 valence electrons. The SMILES string of the molecule is COc1ccc(/C=C2/CCC/C(=C/c3ccc(OC)cc3)C2(C)O)cc1. The van der Waals surface area contributed by atoms with Gasteiger partial charge in [0.25, 0.3) is 0 Å². The first kappa shape index (κ1) is 18.3. The summed E-state index contributed by atoms with van der Waals surface area (Å²) in [6.07, 6.45) is 7.04. The smallest absolute Gasteiger partial charge is 0.118 e. The zero-order valence-corrected chi connectivity index (χ0v) is 15.7. The van der Waals surface area contributed by atoms with Crippen LogP contribution in [0.5, 0.6) is 11.5 Å². The van der Waals surface area contributed by atoms with Gasteiger partial charge >= 0.3 is 0 Å². The van der Waals surface area contributed by atoms with Crippen molar-refractivity contribution in [2.45, 2.75) is 31.8 Å². The number of methoxy groups -OCH3 is 2. The molecular formula is C23H26O3. The Morgan fingerprint density at radius 3 is 1.50 bits per heavy atom. The number of rotatable bonds is 4. The zero-order valence-electron chi connectivity index (χ0n) is 15.7. The Morgan fingerprint density at radius 2 is 1.15 bits per heavy atom. The summed E-state index contributed by atoms with van der Waals surface area (Å²) >= 11 is 0. The summed E-state index contributed by atoms with van der Waals surface area (Å²) in [5, 5.41) is 11.2. The highest BCUT2D eigenvalue weighted by Gasteiger charge is 2.33. The third-order valence-electron chi connectivity index (χ3n) is 5.06. The van der Waals surface area contributed by atoms with Crippen molar-refractivity contribution in [3.05, 3.63) is 70.8 Å². The van der Waals surface area contributed by atoms with Crippen LogP contribution in [0.3, 0.4) is 0 Å². The van der Waals surface area contributed by atoms with Crippen LogP contribution in [0.1, 0.15) is 37.3 Å². The van der Waals surface area contributed by atoms with Gasteiger partial charge in [0.1, 0.15) is 17.1 Å². The molecule has 0 spiro atoms. The van der Waals surface area contributed by atoms with E-state index in [1.807, 2.05) is 55.5 Å². The van der Waals surface area contributed by atoms with E-state index in [0.717, 1.165) is 53.0 Å². The van der Waals surface area contributed by atoms with Crippen molar-refractivity contribution in [1.29, 1.82) is 0 Å². The summed E-state index contributed by atoms with van der Waals surface area (Å²) in [6, 6.07) is 15.8. The van der Waals surface area contributed by atoms with Gasteiger partial charge in [-0.2, -0.15) is 0 Å². The molecule has 3 nitrogen and oxygen atoms in total. The van der Waals surface area contributed by atoms with Gasteiger partial charge in [0.05, 0.1) is 14.2 Å². The van der Waals surface area contributed by atoms with Gasteiger partial charge in [-0.25, -0.2) is 0 Å². The maximum atomic E-state index is 11.2. The lowest BCUT2D eigenvalue weighted by atomic mass is 9.76. The fraction of sp³-hybridized carbons (Fsp3) is 0.304. The Morgan fingerprint density at radius 1 is 0.769 bits per heavy atom. The lowest BCUT2D eigenvalue weighted by molar-refractivity contribution is 0.123. The highest BCUT2D eigenvalue weighted by molar-refractivity contribution is 5.63. The molecule has 0 aliphatic heterocycles. The molecule has 0 atom stereocenters. The predicted molar refractivity (Wildman–Crippen MR) is 106 cm³/mol. The number of hydrogen-bond donors (Lipinski definition) is 1. The lowest BCUT2D eigenvalue weighted by Gasteiger charge is -2.35. The van der Waals surface area contributed by atoms with Crippen LogP contribution in [-0.2, 0) is 0 Å². The highest BCUT2D eigenvalue weighted by atomic mass is 16.5. The summed E-state index contributed by atoms with van der Waals surface area (Å²) in [4.78, 5) is 0. The highest BCUT2D eigenvalue weighted by Crippen LogP contribution is 2.39. The van der Waals surface area contributed by atoms with Crippen molar-refractivity contribution < 1.29 is 14.6 Å². The van der Waals surface area contributed by atoms with Crippen molar-refractivity contribution >= 4 is 12.2 Å². The molecule has 3 heteroatoms. The van der Waals surface area contributed by atoms with E-state index >= 15 is 0 Å². The molecule has 1 aliphatic rings. The molecule has 1 saturated carbocycles. The topological polar surface area (TPSA) is 38.7 Å². The predicted octanol–water partition coefficient (Wildman–Crippen LogP) is 5.11. The van der Waals surface area contributed by atoms with Gasteiger partial charge in [0.15, 0.2) is 0 Å². The summed E-state index contributed by atoms with van der Waals surface area (Å²) < 4.78 is 10.4. The van der Waals surface area contributed by atoms with E-state index < -0.39 is 5.60 Å². The van der Waals surface area contributed by atoms with E-state index in [1.54, 1.807) is 14.2 Å². The van der Waals surface area contributed by atoms with Crippen molar-refractivity contribution in [3.63, 3.8) is 0 Å². The largest absolute Gasteiger partial charge is 0.497 e. The Labute approximate surface area is 155 Å². The minimum atomic E-state index is -0.932. The molecule has 0 heterocycles. The van der Waals surface area contributed by atoms with Crippen molar-refractivity contribution in [3.8, 4) is 11.5 Å². The second-order valence-corrected chi connectivity index (χ2v) is 6.81. The first-order valence-corrected chi connectivity index (χ1v) is 8.95. The normalized spacial score (nSPS) is 19.5. The Hall–Kier alpha value is -2.52. The maximum absolute atomic E-state index is 11.2. The second kappa shape index (κ2) is 7.79. The van der Waals surface area contributed by atoms with Crippen molar-refractivity contribution in [1.82, 2.24) is 0 Å². The zero-order chi connectivity index (χ0) is 18.6. The molecule has 0 unspecified atom stereocenters. The maximum Gasteiger partial charge on any atom is 0.118 e. The van der Waals surface area contributed by atoms with Crippen LogP contribution in [0, 0.1) is 0 Å². The van der Waals surface area contributed by atoms with Gasteiger partial charge in [-0.3, -0.25) is 0 Å². The summed E-state index contributed by atoms with van der Waals surface area (Å²) in [5.74, 6) is 1.67. The van der Waals surface area contributed by atoms with E-state index in [0.29, 0.717) is 0 Å². The molecule has 2 aromatic rings. The quantitative estimate of drug-likeness (QED) is 0.833. The standard InChI is InChI=1S/C23H26O3/c1-23(24)19(15-17-7-11-21(25-2)12-8-17)5-4-6-20(23)16-18-9-13-22(26-3)14-10-18/h7-16,24H,4-6H2,1-3H3/b19-15-,20-16-. The van der Waals surface area contributed by atoms with Crippen LogP contribution in [-0.4, -0.2) is 24.9 Å². The molecule has 26 heavy (non-hydrogen) atoms. The number of benzene rings is 2. The molecule has 0 bridgehead atoms. The minimum absolute atomic E-state index is 0.836. The molecule has 0 radical (unpaired) electrons. The Kier molecular flexibility index (Phi) is 5.48. The van der Waals surface area contributed by atoms with Crippen LogP contribution in [0.2, 0.25) is 0 Å². The first-order valence-electron chi connectivity index (χ1n) is 8.95.